The monoisotopic (exact) mass is 696 g/mol. The first-order valence-corrected chi connectivity index (χ1v) is 17.6. The molecule has 1 amide bonds. The van der Waals surface area contributed by atoms with Crippen LogP contribution in [0.25, 0.3) is 11.1 Å². The van der Waals surface area contributed by atoms with Crippen molar-refractivity contribution in [1.82, 2.24) is 9.88 Å². The van der Waals surface area contributed by atoms with E-state index >= 15 is 0 Å². The molecule has 10 nitrogen and oxygen atoms in total. The zero-order valence-electron chi connectivity index (χ0n) is 28.3. The molecule has 0 radical (unpaired) electrons. The molecule has 11 heteroatoms. The average Bonchev–Trinajstić information content (AvgIpc) is 4.06. The number of benzene rings is 2. The van der Waals surface area contributed by atoms with E-state index in [4.69, 9.17) is 26.2 Å². The van der Waals surface area contributed by atoms with Crippen molar-refractivity contribution >= 4 is 17.5 Å². The van der Waals surface area contributed by atoms with Crippen LogP contribution < -0.4 is 4.74 Å². The summed E-state index contributed by atoms with van der Waals surface area (Å²) in [5.41, 5.74) is 6.00. The molecule has 2 aliphatic carbocycles. The number of aliphatic hydroxyl groups excluding tert-OH is 5. The Labute approximate surface area is 293 Å². The molecule has 0 bridgehead atoms. The van der Waals surface area contributed by atoms with Crippen LogP contribution in [-0.2, 0) is 28.2 Å². The van der Waals surface area contributed by atoms with Crippen molar-refractivity contribution in [3.8, 4) is 16.9 Å². The lowest BCUT2D eigenvalue weighted by molar-refractivity contribution is -0.133. The maximum absolute atomic E-state index is 12.5. The number of hydrogen-bond acceptors (Lipinski definition) is 9. The number of para-hydroxylation sites is 1. The standard InChI is InChI=1S/C38H49ClN2O8/c1-24-19-26(23-48-38(15-16-38)30-21-40-17-14-28(30)29-8-3-4-9-34(29)49-27-10-11-27)31(39)20-25(24)7-5-6-18-41(2)35(45)13-12-32(43)36(46)37(47)33(44)22-42/h3-4,8-9,14,17,19-21,27,32-33,36-37,42-44,46-47H,5-7,10-13,15-16,18,22-23H2,1-2H3/t32-,33+,36+,37+/m0/s1. The van der Waals surface area contributed by atoms with E-state index in [0.29, 0.717) is 24.3 Å². The third kappa shape index (κ3) is 9.58. The summed E-state index contributed by atoms with van der Waals surface area (Å²) < 4.78 is 12.9. The Morgan fingerprint density at radius 1 is 1.02 bits per heavy atom. The minimum absolute atomic E-state index is 0.0274. The number of pyridine rings is 1. The van der Waals surface area contributed by atoms with E-state index in [1.165, 1.54) is 0 Å². The summed E-state index contributed by atoms with van der Waals surface area (Å²) in [6.45, 7) is 2.23. The van der Waals surface area contributed by atoms with Gasteiger partial charge in [0.2, 0.25) is 5.91 Å². The number of aliphatic hydroxyl groups is 5. The second-order valence-corrected chi connectivity index (χ2v) is 13.9. The summed E-state index contributed by atoms with van der Waals surface area (Å²) in [5.74, 6) is 0.695. The van der Waals surface area contributed by atoms with E-state index in [9.17, 15) is 25.2 Å². The molecule has 0 spiro atoms. The maximum Gasteiger partial charge on any atom is 0.222 e. The van der Waals surface area contributed by atoms with Crippen molar-refractivity contribution in [2.24, 2.45) is 0 Å². The molecule has 3 aromatic rings. The molecule has 0 saturated heterocycles. The topological polar surface area (TPSA) is 153 Å². The van der Waals surface area contributed by atoms with E-state index in [1.54, 1.807) is 11.9 Å². The van der Waals surface area contributed by atoms with E-state index in [-0.39, 0.29) is 18.7 Å². The summed E-state index contributed by atoms with van der Waals surface area (Å²) in [5, 5.41) is 48.8. The summed E-state index contributed by atoms with van der Waals surface area (Å²) in [7, 11) is 1.69. The lowest BCUT2D eigenvalue weighted by Crippen LogP contribution is -2.46. The van der Waals surface area contributed by atoms with Crippen molar-refractivity contribution in [3.63, 3.8) is 0 Å². The summed E-state index contributed by atoms with van der Waals surface area (Å²) in [6.07, 6.45) is 3.98. The highest BCUT2D eigenvalue weighted by molar-refractivity contribution is 6.31. The highest BCUT2D eigenvalue weighted by Gasteiger charge is 2.48. The number of hydrogen-bond donors (Lipinski definition) is 5. The molecule has 1 aromatic heterocycles. The van der Waals surface area contributed by atoms with Crippen LogP contribution in [0.2, 0.25) is 5.02 Å². The zero-order chi connectivity index (χ0) is 35.1. The van der Waals surface area contributed by atoms with Crippen LogP contribution in [0.15, 0.2) is 54.9 Å². The fourth-order valence-corrected chi connectivity index (χ4v) is 6.36. The molecular formula is C38H49ClN2O8. The highest BCUT2D eigenvalue weighted by Crippen LogP contribution is 2.53. The van der Waals surface area contributed by atoms with Crippen molar-refractivity contribution in [3.05, 3.63) is 82.1 Å². The zero-order valence-corrected chi connectivity index (χ0v) is 29.1. The van der Waals surface area contributed by atoms with Gasteiger partial charge in [0.05, 0.1) is 31.0 Å². The van der Waals surface area contributed by atoms with Gasteiger partial charge in [-0.2, -0.15) is 0 Å². The van der Waals surface area contributed by atoms with Crippen LogP contribution in [0.3, 0.4) is 0 Å². The lowest BCUT2D eigenvalue weighted by Gasteiger charge is -2.26. The number of nitrogens with zero attached hydrogens (tertiary/aromatic N) is 2. The number of aromatic nitrogens is 1. The Hall–Kier alpha value is -3.09. The first-order valence-electron chi connectivity index (χ1n) is 17.2. The number of amides is 1. The quantitative estimate of drug-likeness (QED) is 0.114. The van der Waals surface area contributed by atoms with E-state index in [0.717, 1.165) is 84.1 Å². The van der Waals surface area contributed by atoms with E-state index in [2.05, 4.69) is 24.0 Å². The van der Waals surface area contributed by atoms with Crippen LogP contribution in [-0.4, -0.2) is 92.0 Å². The van der Waals surface area contributed by atoms with Crippen LogP contribution in [0.4, 0.5) is 0 Å². The van der Waals surface area contributed by atoms with Crippen LogP contribution >= 0.6 is 11.6 Å². The molecule has 266 valence electrons. The Morgan fingerprint density at radius 3 is 2.47 bits per heavy atom. The lowest BCUT2D eigenvalue weighted by atomic mass is 9.96. The van der Waals surface area contributed by atoms with Crippen molar-refractivity contribution in [1.29, 1.82) is 0 Å². The minimum Gasteiger partial charge on any atom is -0.490 e. The molecular weight excluding hydrogens is 648 g/mol. The Bertz CT molecular complexity index is 1560. The number of halogens is 1. The smallest absolute Gasteiger partial charge is 0.222 e. The van der Waals surface area contributed by atoms with Gasteiger partial charge in [0.1, 0.15) is 24.1 Å². The molecule has 2 aromatic carbocycles. The number of unbranched alkanes of at least 4 members (excludes halogenated alkanes) is 1. The van der Waals surface area contributed by atoms with Gasteiger partial charge in [0.15, 0.2) is 0 Å². The van der Waals surface area contributed by atoms with Gasteiger partial charge in [-0.05, 0) is 98.7 Å². The van der Waals surface area contributed by atoms with Gasteiger partial charge in [-0.25, -0.2) is 0 Å². The summed E-state index contributed by atoms with van der Waals surface area (Å²) in [4.78, 5) is 18.6. The second-order valence-electron chi connectivity index (χ2n) is 13.5. The highest BCUT2D eigenvalue weighted by atomic mass is 35.5. The summed E-state index contributed by atoms with van der Waals surface area (Å²) >= 11 is 6.79. The van der Waals surface area contributed by atoms with Crippen molar-refractivity contribution in [2.45, 2.75) is 107 Å². The molecule has 0 unspecified atom stereocenters. The van der Waals surface area contributed by atoms with E-state index in [1.807, 2.05) is 42.7 Å². The third-order valence-corrected chi connectivity index (χ3v) is 9.97. The molecule has 0 aliphatic heterocycles. The minimum atomic E-state index is -1.71. The van der Waals surface area contributed by atoms with Gasteiger partial charge in [0.25, 0.3) is 0 Å². The number of carbonyl (C=O) groups excluding carboxylic acids is 1. The van der Waals surface area contributed by atoms with Gasteiger partial charge in [-0.3, -0.25) is 9.78 Å². The van der Waals surface area contributed by atoms with Gasteiger partial charge < -0.3 is 39.9 Å². The van der Waals surface area contributed by atoms with Crippen LogP contribution in [0.1, 0.15) is 73.6 Å². The Kier molecular flexibility index (Phi) is 12.7. The Balaban J connectivity index is 1.11. The number of aryl methyl sites for hydroxylation is 2. The SMILES string of the molecule is Cc1cc(COC2(c3cnccc3-c3ccccc3OC3CC3)CC2)c(Cl)cc1CCCCN(C)C(=O)CC[C@H](O)[C@@H](O)[C@H](O)[C@H](O)CO. The molecule has 2 aliphatic rings. The fourth-order valence-electron chi connectivity index (χ4n) is 6.12. The molecule has 4 atom stereocenters. The van der Waals surface area contributed by atoms with Crippen LogP contribution in [0, 0.1) is 6.92 Å². The van der Waals surface area contributed by atoms with E-state index < -0.39 is 36.6 Å². The number of carbonyl (C=O) groups is 1. The van der Waals surface area contributed by atoms with Crippen molar-refractivity contribution in [2.75, 3.05) is 20.2 Å². The predicted octanol–water partition coefficient (Wildman–Crippen LogP) is 4.45. The van der Waals surface area contributed by atoms with Gasteiger partial charge in [-0.15, -0.1) is 0 Å². The fraction of sp³-hybridized carbons (Fsp3) is 0.526. The van der Waals surface area contributed by atoms with Crippen LogP contribution in [0.5, 0.6) is 5.75 Å². The second kappa shape index (κ2) is 16.7. The number of ether oxygens (including phenoxy) is 2. The molecule has 49 heavy (non-hydrogen) atoms. The predicted molar refractivity (Wildman–Crippen MR) is 186 cm³/mol. The third-order valence-electron chi connectivity index (χ3n) is 9.62. The normalized spacial score (nSPS) is 17.6. The van der Waals surface area contributed by atoms with Gasteiger partial charge in [-0.1, -0.05) is 35.9 Å². The maximum atomic E-state index is 12.5. The molecule has 2 fully saturated rings. The van der Waals surface area contributed by atoms with Crippen molar-refractivity contribution < 1.29 is 39.8 Å². The molecule has 1 heterocycles. The first-order chi connectivity index (χ1) is 23.5. The molecule has 5 rings (SSSR count). The molecule has 5 N–H and O–H groups in total. The van der Waals surface area contributed by atoms with Gasteiger partial charge >= 0.3 is 0 Å². The number of rotatable bonds is 19. The Morgan fingerprint density at radius 2 is 1.76 bits per heavy atom. The largest absolute Gasteiger partial charge is 0.490 e. The summed E-state index contributed by atoms with van der Waals surface area (Å²) in [6, 6.07) is 14.3. The average molecular weight is 697 g/mol. The first kappa shape index (κ1) is 37.2. The van der Waals surface area contributed by atoms with Gasteiger partial charge in [0, 0.05) is 48.6 Å². The molecule has 2 saturated carbocycles.